The molecule has 0 amide bonds. The number of hydrogen-bond acceptors (Lipinski definition) is 2. The normalized spacial score (nSPS) is 10.9. The van der Waals surface area contributed by atoms with Crippen LogP contribution in [-0.4, -0.2) is 11.5 Å². The predicted octanol–water partition coefficient (Wildman–Crippen LogP) is 4.36. The van der Waals surface area contributed by atoms with E-state index in [0.717, 1.165) is 45.2 Å². The lowest BCUT2D eigenvalue weighted by Crippen LogP contribution is -2.02. The van der Waals surface area contributed by atoms with E-state index in [1.165, 1.54) is 6.07 Å². The van der Waals surface area contributed by atoms with E-state index in [0.29, 0.717) is 0 Å². The number of anilines is 1. The van der Waals surface area contributed by atoms with Gasteiger partial charge in [-0.15, -0.1) is 0 Å². The first-order valence-electron chi connectivity index (χ1n) is 6.18. The van der Waals surface area contributed by atoms with Crippen LogP contribution in [0.5, 0.6) is 0 Å². The molecule has 0 aliphatic heterocycles. The van der Waals surface area contributed by atoms with Gasteiger partial charge in [-0.1, -0.05) is 13.3 Å². The van der Waals surface area contributed by atoms with Crippen molar-refractivity contribution >= 4 is 39.2 Å². The average Bonchev–Trinajstić information content (AvgIpc) is 2.31. The van der Waals surface area contributed by atoms with E-state index in [-0.39, 0.29) is 5.82 Å². The Balaban J connectivity index is 2.68. The molecular weight excluding hydrogens is 342 g/mol. The van der Waals surface area contributed by atoms with Crippen molar-refractivity contribution in [1.29, 1.82) is 0 Å². The van der Waals surface area contributed by atoms with Gasteiger partial charge in [0.25, 0.3) is 0 Å². The van der Waals surface area contributed by atoms with Crippen molar-refractivity contribution in [2.75, 3.05) is 11.9 Å². The summed E-state index contributed by atoms with van der Waals surface area (Å²) in [5, 5.41) is 4.16. The molecule has 0 atom stereocenters. The largest absolute Gasteiger partial charge is 0.385 e. The highest BCUT2D eigenvalue weighted by Crippen LogP contribution is 2.28. The summed E-state index contributed by atoms with van der Waals surface area (Å²) in [6.45, 7) is 4.99. The van der Waals surface area contributed by atoms with Crippen molar-refractivity contribution in [3.8, 4) is 0 Å². The molecule has 1 N–H and O–H groups in total. The molecule has 0 saturated heterocycles. The van der Waals surface area contributed by atoms with Crippen LogP contribution >= 0.6 is 22.6 Å². The van der Waals surface area contributed by atoms with E-state index in [9.17, 15) is 4.39 Å². The molecule has 0 radical (unpaired) electrons. The van der Waals surface area contributed by atoms with Crippen molar-refractivity contribution < 1.29 is 4.39 Å². The fourth-order valence-electron chi connectivity index (χ4n) is 2.03. The first-order valence-corrected chi connectivity index (χ1v) is 7.26. The molecule has 18 heavy (non-hydrogen) atoms. The molecule has 0 aliphatic rings. The zero-order chi connectivity index (χ0) is 13.1. The minimum Gasteiger partial charge on any atom is -0.385 e. The number of rotatable bonds is 4. The second-order valence-corrected chi connectivity index (χ2v) is 5.39. The van der Waals surface area contributed by atoms with Crippen molar-refractivity contribution in [3.05, 3.63) is 33.3 Å². The van der Waals surface area contributed by atoms with E-state index >= 15 is 0 Å². The molecule has 0 fully saturated rings. The molecule has 0 unspecified atom stereocenters. The minimum atomic E-state index is -0.212. The summed E-state index contributed by atoms with van der Waals surface area (Å²) in [6, 6.07) is 5.12. The number of hydrogen-bond donors (Lipinski definition) is 1. The number of nitrogens with one attached hydrogen (secondary N) is 1. The highest BCUT2D eigenvalue weighted by molar-refractivity contribution is 14.1. The molecule has 2 rings (SSSR count). The van der Waals surface area contributed by atoms with Gasteiger partial charge in [-0.25, -0.2) is 4.39 Å². The maximum Gasteiger partial charge on any atom is 0.125 e. The molecule has 0 saturated carbocycles. The van der Waals surface area contributed by atoms with Gasteiger partial charge in [0.1, 0.15) is 5.82 Å². The standard InChI is InChI=1S/C14H16FIN2/c1-3-5-10-8-13(17-4-2)11-6-9(15)7-12(16)14(11)18-10/h6-8H,3-5H2,1-2H3,(H,17,18). The van der Waals surface area contributed by atoms with Crippen molar-refractivity contribution in [1.82, 2.24) is 4.98 Å². The number of fused-ring (bicyclic) bond motifs is 1. The van der Waals surface area contributed by atoms with E-state index < -0.39 is 0 Å². The molecule has 1 aromatic heterocycles. The Bertz CT molecular complexity index is 569. The fourth-order valence-corrected chi connectivity index (χ4v) is 2.73. The van der Waals surface area contributed by atoms with Gasteiger partial charge in [0.05, 0.1) is 5.52 Å². The van der Waals surface area contributed by atoms with Crippen LogP contribution in [0.4, 0.5) is 10.1 Å². The number of aryl methyl sites for hydroxylation is 1. The van der Waals surface area contributed by atoms with Gasteiger partial charge in [0.15, 0.2) is 0 Å². The van der Waals surface area contributed by atoms with E-state index in [2.05, 4.69) is 39.8 Å². The van der Waals surface area contributed by atoms with E-state index in [1.807, 2.05) is 13.0 Å². The lowest BCUT2D eigenvalue weighted by atomic mass is 10.1. The third-order valence-corrected chi connectivity index (χ3v) is 3.58. The summed E-state index contributed by atoms with van der Waals surface area (Å²) in [6.07, 6.45) is 2.00. The van der Waals surface area contributed by atoms with Crippen LogP contribution in [-0.2, 0) is 6.42 Å². The molecule has 0 aliphatic carbocycles. The lowest BCUT2D eigenvalue weighted by Gasteiger charge is -2.11. The maximum atomic E-state index is 13.5. The molecule has 1 aromatic carbocycles. The number of aromatic nitrogens is 1. The third-order valence-electron chi connectivity index (χ3n) is 2.76. The van der Waals surface area contributed by atoms with Crippen LogP contribution in [0.1, 0.15) is 26.0 Å². The lowest BCUT2D eigenvalue weighted by molar-refractivity contribution is 0.628. The molecule has 2 nitrogen and oxygen atoms in total. The van der Waals surface area contributed by atoms with Crippen LogP contribution < -0.4 is 5.32 Å². The van der Waals surface area contributed by atoms with Crippen molar-refractivity contribution in [2.24, 2.45) is 0 Å². The van der Waals surface area contributed by atoms with Gasteiger partial charge < -0.3 is 5.32 Å². The summed E-state index contributed by atoms with van der Waals surface area (Å²) in [5.41, 5.74) is 2.92. The zero-order valence-corrected chi connectivity index (χ0v) is 12.7. The Kier molecular flexibility index (Phi) is 4.37. The van der Waals surface area contributed by atoms with Gasteiger partial charge in [0, 0.05) is 26.9 Å². The van der Waals surface area contributed by atoms with Crippen LogP contribution in [0.25, 0.3) is 10.9 Å². The second-order valence-electron chi connectivity index (χ2n) is 4.23. The number of benzene rings is 1. The third kappa shape index (κ3) is 2.74. The molecule has 96 valence electrons. The number of pyridine rings is 1. The number of halogens is 2. The Morgan fingerprint density at radius 2 is 2.06 bits per heavy atom. The summed E-state index contributed by atoms with van der Waals surface area (Å²) in [7, 11) is 0. The SMILES string of the molecule is CCCc1cc(NCC)c2cc(F)cc(I)c2n1. The van der Waals surface area contributed by atoms with Crippen LogP contribution in [0.15, 0.2) is 18.2 Å². The Labute approximate surface area is 120 Å². The van der Waals surface area contributed by atoms with E-state index in [1.54, 1.807) is 6.07 Å². The molecular formula is C14H16FIN2. The van der Waals surface area contributed by atoms with Crippen LogP contribution in [0, 0.1) is 9.39 Å². The van der Waals surface area contributed by atoms with Crippen LogP contribution in [0.3, 0.4) is 0 Å². The summed E-state index contributed by atoms with van der Waals surface area (Å²) in [4.78, 5) is 4.63. The average molecular weight is 358 g/mol. The molecule has 0 bridgehead atoms. The molecule has 4 heteroatoms. The molecule has 0 spiro atoms. The Morgan fingerprint density at radius 1 is 1.28 bits per heavy atom. The van der Waals surface area contributed by atoms with E-state index in [4.69, 9.17) is 0 Å². The summed E-state index contributed by atoms with van der Waals surface area (Å²) < 4.78 is 14.4. The highest BCUT2D eigenvalue weighted by atomic mass is 127. The topological polar surface area (TPSA) is 24.9 Å². The predicted molar refractivity (Wildman–Crippen MR) is 82.6 cm³/mol. The molecule has 2 aromatic rings. The smallest absolute Gasteiger partial charge is 0.125 e. The van der Waals surface area contributed by atoms with Crippen molar-refractivity contribution in [3.63, 3.8) is 0 Å². The van der Waals surface area contributed by atoms with Gasteiger partial charge >= 0.3 is 0 Å². The highest BCUT2D eigenvalue weighted by Gasteiger charge is 2.09. The second kappa shape index (κ2) is 5.82. The van der Waals surface area contributed by atoms with Gasteiger partial charge in [-0.05, 0) is 54.1 Å². The van der Waals surface area contributed by atoms with Gasteiger partial charge in [0.2, 0.25) is 0 Å². The first-order chi connectivity index (χ1) is 8.65. The summed E-state index contributed by atoms with van der Waals surface area (Å²) in [5.74, 6) is -0.212. The quantitative estimate of drug-likeness (QED) is 0.822. The van der Waals surface area contributed by atoms with Crippen molar-refractivity contribution in [2.45, 2.75) is 26.7 Å². The first kappa shape index (κ1) is 13.5. The maximum absolute atomic E-state index is 13.5. The van der Waals surface area contributed by atoms with Gasteiger partial charge in [-0.3, -0.25) is 4.98 Å². The monoisotopic (exact) mass is 358 g/mol. The Morgan fingerprint density at radius 3 is 2.72 bits per heavy atom. The Hall–Kier alpha value is -0.910. The number of nitrogens with zero attached hydrogens (tertiary/aromatic N) is 1. The zero-order valence-electron chi connectivity index (χ0n) is 10.6. The van der Waals surface area contributed by atoms with Gasteiger partial charge in [-0.2, -0.15) is 0 Å². The minimum absolute atomic E-state index is 0.212. The molecule has 1 heterocycles. The van der Waals surface area contributed by atoms with Crippen LogP contribution in [0.2, 0.25) is 0 Å². The fraction of sp³-hybridized carbons (Fsp3) is 0.357. The summed E-state index contributed by atoms with van der Waals surface area (Å²) >= 11 is 2.14.